The van der Waals surface area contributed by atoms with Crippen molar-refractivity contribution in [2.45, 2.75) is 29.8 Å². The summed E-state index contributed by atoms with van der Waals surface area (Å²) in [6.45, 7) is 2.60. The van der Waals surface area contributed by atoms with Gasteiger partial charge < -0.3 is 0 Å². The Morgan fingerprint density at radius 2 is 1.40 bits per heavy atom. The molecule has 0 amide bonds. The van der Waals surface area contributed by atoms with Crippen LogP contribution in [0.3, 0.4) is 0 Å². The second-order valence-electron chi connectivity index (χ2n) is 3.32. The van der Waals surface area contributed by atoms with Crippen molar-refractivity contribution in [1.29, 1.82) is 0 Å². The molecule has 0 saturated carbocycles. The molecule has 13 heteroatoms. The molecule has 0 radical (unpaired) electrons. The third-order valence-corrected chi connectivity index (χ3v) is 2.63. The summed E-state index contributed by atoms with van der Waals surface area (Å²) in [6, 6.07) is 0. The molecule has 1 N–H and O–H groups in total. The van der Waals surface area contributed by atoms with E-state index in [1.807, 2.05) is 4.74 Å². The van der Waals surface area contributed by atoms with E-state index in [0.717, 1.165) is 0 Å². The molecule has 0 aromatic carbocycles. The van der Waals surface area contributed by atoms with Gasteiger partial charge >= 0.3 is 33.5 Å². The maximum Gasteiger partial charge on any atom is 0.460 e. The maximum atomic E-state index is 12.7. The van der Waals surface area contributed by atoms with Gasteiger partial charge in [-0.1, -0.05) is 6.08 Å². The van der Waals surface area contributed by atoms with Crippen LogP contribution in [0, 0.1) is 0 Å². The smallest absolute Gasteiger partial charge is 0.281 e. The predicted molar refractivity (Wildman–Crippen MR) is 47.2 cm³/mol. The molecule has 4 nitrogen and oxygen atoms in total. The summed E-state index contributed by atoms with van der Waals surface area (Å²) in [5.41, 5.74) is 0. The van der Waals surface area contributed by atoms with E-state index in [4.69, 9.17) is 4.55 Å². The highest BCUT2D eigenvalue weighted by Gasteiger charge is 2.73. The summed E-state index contributed by atoms with van der Waals surface area (Å²) in [4.78, 5) is 0. The highest BCUT2D eigenvalue weighted by Crippen LogP contribution is 2.47. The van der Waals surface area contributed by atoms with Crippen molar-refractivity contribution < 1.29 is 52.8 Å². The Morgan fingerprint density at radius 1 is 1.00 bits per heavy atom. The molecule has 0 spiro atoms. The van der Waals surface area contributed by atoms with E-state index in [2.05, 4.69) is 6.58 Å². The fourth-order valence-corrected chi connectivity index (χ4v) is 1.09. The monoisotopic (exact) mass is 338 g/mol. The molecule has 0 aliphatic carbocycles. The van der Waals surface area contributed by atoms with Crippen molar-refractivity contribution in [2.75, 3.05) is 0 Å². The third kappa shape index (κ3) is 3.38. The summed E-state index contributed by atoms with van der Waals surface area (Å²) < 4.78 is 131. The molecular formula is C7H6F8O4S. The lowest BCUT2D eigenvalue weighted by Gasteiger charge is -2.31. The highest BCUT2D eigenvalue weighted by molar-refractivity contribution is 7.86. The van der Waals surface area contributed by atoms with Crippen LogP contribution in [0.15, 0.2) is 12.7 Å². The van der Waals surface area contributed by atoms with Crippen molar-refractivity contribution in [3.05, 3.63) is 12.7 Å². The zero-order valence-electron chi connectivity index (χ0n) is 9.10. The van der Waals surface area contributed by atoms with E-state index in [9.17, 15) is 43.5 Å². The van der Waals surface area contributed by atoms with Gasteiger partial charge in [-0.15, -0.1) is 6.58 Å². The largest absolute Gasteiger partial charge is 0.460 e. The molecule has 0 saturated heterocycles. The van der Waals surface area contributed by atoms with Gasteiger partial charge in [-0.25, -0.2) is 4.74 Å². The minimum atomic E-state index is -6.90. The summed E-state index contributed by atoms with van der Waals surface area (Å²) in [5.74, 6) is -5.37. The molecule has 120 valence electrons. The van der Waals surface area contributed by atoms with Crippen LogP contribution in [-0.4, -0.2) is 36.4 Å². The van der Waals surface area contributed by atoms with Crippen molar-refractivity contribution >= 4 is 10.1 Å². The Balaban J connectivity index is 5.55. The Bertz CT molecular complexity index is 471. The molecule has 0 aliphatic heterocycles. The SMILES string of the molecule is C=CCC(F)(F)C(F)(F)OC(F)(F)C(F)(F)S(=O)(=O)O. The van der Waals surface area contributed by atoms with Crippen LogP contribution in [0.25, 0.3) is 0 Å². The molecule has 0 atom stereocenters. The van der Waals surface area contributed by atoms with E-state index in [1.165, 1.54) is 0 Å². The van der Waals surface area contributed by atoms with Gasteiger partial charge in [0.25, 0.3) is 0 Å². The zero-order valence-corrected chi connectivity index (χ0v) is 9.91. The quantitative estimate of drug-likeness (QED) is 0.440. The first kappa shape index (κ1) is 19.1. The van der Waals surface area contributed by atoms with Gasteiger partial charge in [0.15, 0.2) is 0 Å². The number of hydrogen-bond acceptors (Lipinski definition) is 3. The molecule has 0 aromatic rings. The molecule has 0 aliphatic rings. The van der Waals surface area contributed by atoms with Gasteiger partial charge in [-0.2, -0.15) is 43.5 Å². The van der Waals surface area contributed by atoms with E-state index < -0.39 is 39.9 Å². The summed E-state index contributed by atoms with van der Waals surface area (Å²) in [7, 11) is -6.90. The fourth-order valence-electron chi connectivity index (χ4n) is 0.745. The van der Waals surface area contributed by atoms with Crippen molar-refractivity contribution in [3.8, 4) is 0 Å². The number of rotatable bonds is 7. The topological polar surface area (TPSA) is 63.6 Å². The highest BCUT2D eigenvalue weighted by atomic mass is 32.2. The lowest BCUT2D eigenvalue weighted by molar-refractivity contribution is -0.455. The number of allylic oxidation sites excluding steroid dienone is 1. The summed E-state index contributed by atoms with van der Waals surface area (Å²) in [6.07, 6.45) is -14.5. The van der Waals surface area contributed by atoms with Crippen LogP contribution < -0.4 is 0 Å². The predicted octanol–water partition coefficient (Wildman–Crippen LogP) is 2.88. The number of ether oxygens (including phenoxy) is 1. The van der Waals surface area contributed by atoms with E-state index in [-0.39, 0.29) is 6.08 Å². The van der Waals surface area contributed by atoms with Crippen LogP contribution in [-0.2, 0) is 14.9 Å². The molecule has 0 aromatic heterocycles. The van der Waals surface area contributed by atoms with Crippen molar-refractivity contribution in [3.63, 3.8) is 0 Å². The van der Waals surface area contributed by atoms with Gasteiger partial charge in [0.2, 0.25) is 0 Å². The Kier molecular flexibility index (Phi) is 4.87. The normalized spacial score (nSPS) is 15.2. The standard InChI is InChI=1S/C7H6F8O4S/c1-2-3-4(8,9)5(10,11)19-6(12,13)7(14,15)20(16,17)18/h2H,1,3H2,(H,16,17,18). The van der Waals surface area contributed by atoms with Crippen LogP contribution in [0.2, 0.25) is 0 Å². The number of alkyl halides is 8. The lowest BCUT2D eigenvalue weighted by Crippen LogP contribution is -2.55. The number of hydrogen-bond donors (Lipinski definition) is 1. The molecule has 0 bridgehead atoms. The average molecular weight is 338 g/mol. The fraction of sp³-hybridized carbons (Fsp3) is 0.714. The van der Waals surface area contributed by atoms with E-state index in [1.54, 1.807) is 0 Å². The average Bonchev–Trinajstić information content (AvgIpc) is 2.13. The molecular weight excluding hydrogens is 332 g/mol. The minimum absolute atomic E-state index is 0.163. The van der Waals surface area contributed by atoms with Gasteiger partial charge in [0.1, 0.15) is 0 Å². The van der Waals surface area contributed by atoms with Crippen molar-refractivity contribution in [2.24, 2.45) is 0 Å². The Hall–Kier alpha value is -0.950. The van der Waals surface area contributed by atoms with E-state index >= 15 is 0 Å². The first-order chi connectivity index (χ1) is 8.52. The summed E-state index contributed by atoms with van der Waals surface area (Å²) >= 11 is 0. The van der Waals surface area contributed by atoms with Crippen LogP contribution in [0.5, 0.6) is 0 Å². The minimum Gasteiger partial charge on any atom is -0.281 e. The molecule has 0 fully saturated rings. The second-order valence-corrected chi connectivity index (χ2v) is 4.79. The lowest BCUT2D eigenvalue weighted by atomic mass is 10.2. The summed E-state index contributed by atoms with van der Waals surface area (Å²) in [5, 5.41) is -6.56. The molecule has 0 unspecified atom stereocenters. The van der Waals surface area contributed by atoms with Crippen LogP contribution >= 0.6 is 0 Å². The maximum absolute atomic E-state index is 12.7. The molecule has 0 rings (SSSR count). The second kappa shape index (κ2) is 5.11. The zero-order chi connectivity index (χ0) is 16.6. The Morgan fingerprint density at radius 3 is 1.70 bits per heavy atom. The van der Waals surface area contributed by atoms with Gasteiger partial charge in [-0.05, 0) is 0 Å². The Labute approximate surface area is 106 Å². The van der Waals surface area contributed by atoms with Gasteiger partial charge in [-0.3, -0.25) is 4.55 Å². The van der Waals surface area contributed by atoms with E-state index in [0.29, 0.717) is 0 Å². The molecule has 0 heterocycles. The van der Waals surface area contributed by atoms with Crippen LogP contribution in [0.4, 0.5) is 35.1 Å². The van der Waals surface area contributed by atoms with Gasteiger partial charge in [0, 0.05) is 6.42 Å². The van der Waals surface area contributed by atoms with Gasteiger partial charge in [0.05, 0.1) is 0 Å². The van der Waals surface area contributed by atoms with Crippen LogP contribution in [0.1, 0.15) is 6.42 Å². The number of halogens is 8. The molecule has 20 heavy (non-hydrogen) atoms. The first-order valence-corrected chi connectivity index (χ1v) is 5.75. The van der Waals surface area contributed by atoms with Crippen molar-refractivity contribution in [1.82, 2.24) is 0 Å². The third-order valence-electron chi connectivity index (χ3n) is 1.75. The first-order valence-electron chi connectivity index (χ1n) is 4.31.